The normalized spacial score (nSPS) is 8.54. The average molecular weight is 180 g/mol. The van der Waals surface area contributed by atoms with Gasteiger partial charge in [0.25, 0.3) is 5.97 Å². The molecular weight excluding hydrogens is 164 g/mol. The molecule has 0 aliphatic heterocycles. The van der Waals surface area contributed by atoms with Crippen LogP contribution in [0.1, 0.15) is 25.0 Å². The summed E-state index contributed by atoms with van der Waals surface area (Å²) in [5, 5.41) is 7.42. The number of aliphatic carboxylic acids is 1. The van der Waals surface area contributed by atoms with Crippen LogP contribution in [-0.4, -0.2) is 11.1 Å². The Morgan fingerprint density at radius 2 is 1.69 bits per heavy atom. The summed E-state index contributed by atoms with van der Waals surface area (Å²) in [7, 11) is 0. The van der Waals surface area contributed by atoms with E-state index in [0.29, 0.717) is 0 Å². The molecule has 72 valence electrons. The van der Waals surface area contributed by atoms with E-state index < -0.39 is 5.97 Å². The number of aryl methyl sites for hydroxylation is 2. The molecule has 0 aromatic heterocycles. The molecule has 2 nitrogen and oxygen atoms in total. The SMILES string of the molecule is CC(=O)O.CCc1ccc(C)cc1. The second-order valence-corrected chi connectivity index (χ2v) is 2.86. The fraction of sp³-hybridized carbons (Fsp3) is 0.364. The zero-order chi connectivity index (χ0) is 10.3. The molecule has 0 atom stereocenters. The highest BCUT2D eigenvalue weighted by Gasteiger charge is 1.84. The van der Waals surface area contributed by atoms with Crippen molar-refractivity contribution in [2.75, 3.05) is 0 Å². The summed E-state index contributed by atoms with van der Waals surface area (Å²) in [6, 6.07) is 8.66. The van der Waals surface area contributed by atoms with Crippen LogP contribution in [0.4, 0.5) is 0 Å². The Hall–Kier alpha value is -1.31. The number of hydrogen-bond donors (Lipinski definition) is 1. The van der Waals surface area contributed by atoms with Crippen LogP contribution in [-0.2, 0) is 11.2 Å². The van der Waals surface area contributed by atoms with E-state index >= 15 is 0 Å². The lowest BCUT2D eigenvalue weighted by Gasteiger charge is -1.94. The Morgan fingerprint density at radius 3 is 2.00 bits per heavy atom. The minimum Gasteiger partial charge on any atom is -0.481 e. The van der Waals surface area contributed by atoms with Crippen LogP contribution >= 0.6 is 0 Å². The Labute approximate surface area is 79.2 Å². The Balaban J connectivity index is 0.000000310. The van der Waals surface area contributed by atoms with Gasteiger partial charge >= 0.3 is 0 Å². The number of carboxylic acid groups (broad SMARTS) is 1. The van der Waals surface area contributed by atoms with Crippen LogP contribution < -0.4 is 0 Å². The van der Waals surface area contributed by atoms with E-state index in [9.17, 15) is 0 Å². The van der Waals surface area contributed by atoms with E-state index in [-0.39, 0.29) is 0 Å². The molecule has 1 rings (SSSR count). The standard InChI is InChI=1S/C9H12.C2H4O2/c1-3-9-6-4-8(2)5-7-9;1-2(3)4/h4-7H,3H2,1-2H3;1H3,(H,3,4). The molecular formula is C11H16O2. The lowest BCUT2D eigenvalue weighted by molar-refractivity contribution is -0.134. The van der Waals surface area contributed by atoms with E-state index in [1.54, 1.807) is 0 Å². The molecule has 0 aliphatic carbocycles. The largest absolute Gasteiger partial charge is 0.481 e. The van der Waals surface area contributed by atoms with Crippen molar-refractivity contribution >= 4 is 5.97 Å². The lowest BCUT2D eigenvalue weighted by atomic mass is 10.1. The van der Waals surface area contributed by atoms with Gasteiger partial charge < -0.3 is 5.11 Å². The first-order valence-corrected chi connectivity index (χ1v) is 4.31. The van der Waals surface area contributed by atoms with Gasteiger partial charge in [-0.1, -0.05) is 36.8 Å². The van der Waals surface area contributed by atoms with E-state index in [4.69, 9.17) is 9.90 Å². The molecule has 1 N–H and O–H groups in total. The maximum Gasteiger partial charge on any atom is 0.300 e. The highest BCUT2D eigenvalue weighted by molar-refractivity contribution is 5.62. The molecule has 0 saturated heterocycles. The summed E-state index contributed by atoms with van der Waals surface area (Å²) in [6.07, 6.45) is 1.14. The summed E-state index contributed by atoms with van der Waals surface area (Å²) in [5.74, 6) is -0.833. The molecule has 0 heterocycles. The van der Waals surface area contributed by atoms with Crippen LogP contribution in [0.2, 0.25) is 0 Å². The smallest absolute Gasteiger partial charge is 0.300 e. The minimum absolute atomic E-state index is 0.833. The van der Waals surface area contributed by atoms with Crippen LogP contribution in [0.15, 0.2) is 24.3 Å². The van der Waals surface area contributed by atoms with Gasteiger partial charge in [0.1, 0.15) is 0 Å². The number of carbonyl (C=O) groups is 1. The van der Waals surface area contributed by atoms with Gasteiger partial charge in [-0.05, 0) is 18.9 Å². The molecule has 0 unspecified atom stereocenters. The van der Waals surface area contributed by atoms with Gasteiger partial charge in [0, 0.05) is 6.92 Å². The van der Waals surface area contributed by atoms with Gasteiger partial charge in [-0.15, -0.1) is 0 Å². The summed E-state index contributed by atoms with van der Waals surface area (Å²) in [4.78, 5) is 9.00. The highest BCUT2D eigenvalue weighted by Crippen LogP contribution is 2.02. The van der Waals surface area contributed by atoms with Crippen molar-refractivity contribution in [3.63, 3.8) is 0 Å². The number of carboxylic acids is 1. The average Bonchev–Trinajstić information content (AvgIpc) is 2.05. The molecule has 0 amide bonds. The van der Waals surface area contributed by atoms with E-state index in [0.717, 1.165) is 13.3 Å². The summed E-state index contributed by atoms with van der Waals surface area (Å²) < 4.78 is 0. The third-order valence-electron chi connectivity index (χ3n) is 1.53. The van der Waals surface area contributed by atoms with Crippen LogP contribution in [0, 0.1) is 6.92 Å². The van der Waals surface area contributed by atoms with Crippen molar-refractivity contribution in [2.24, 2.45) is 0 Å². The number of benzene rings is 1. The van der Waals surface area contributed by atoms with Crippen molar-refractivity contribution in [1.82, 2.24) is 0 Å². The molecule has 0 fully saturated rings. The molecule has 0 saturated carbocycles. The predicted octanol–water partition coefficient (Wildman–Crippen LogP) is 2.65. The van der Waals surface area contributed by atoms with Crippen molar-refractivity contribution in [2.45, 2.75) is 27.2 Å². The van der Waals surface area contributed by atoms with Crippen molar-refractivity contribution in [1.29, 1.82) is 0 Å². The Bertz CT molecular complexity index is 245. The molecule has 1 aromatic carbocycles. The fourth-order valence-corrected chi connectivity index (χ4v) is 0.824. The maximum atomic E-state index is 9.00. The number of hydrogen-bond acceptors (Lipinski definition) is 1. The quantitative estimate of drug-likeness (QED) is 0.721. The predicted molar refractivity (Wildman–Crippen MR) is 53.9 cm³/mol. The first-order chi connectivity index (χ1) is 6.06. The summed E-state index contributed by atoms with van der Waals surface area (Å²) in [6.45, 7) is 5.37. The molecule has 1 aromatic rings. The summed E-state index contributed by atoms with van der Waals surface area (Å²) >= 11 is 0. The molecule has 2 heteroatoms. The van der Waals surface area contributed by atoms with Gasteiger partial charge in [-0.25, -0.2) is 0 Å². The van der Waals surface area contributed by atoms with Crippen LogP contribution in [0.25, 0.3) is 0 Å². The highest BCUT2D eigenvalue weighted by atomic mass is 16.4. The summed E-state index contributed by atoms with van der Waals surface area (Å²) in [5.41, 5.74) is 2.76. The van der Waals surface area contributed by atoms with Gasteiger partial charge in [-0.3, -0.25) is 4.79 Å². The monoisotopic (exact) mass is 180 g/mol. The van der Waals surface area contributed by atoms with Gasteiger partial charge in [0.15, 0.2) is 0 Å². The molecule has 0 radical (unpaired) electrons. The van der Waals surface area contributed by atoms with Gasteiger partial charge in [0.05, 0.1) is 0 Å². The maximum absolute atomic E-state index is 9.00. The van der Waals surface area contributed by atoms with Gasteiger partial charge in [0.2, 0.25) is 0 Å². The molecule has 0 spiro atoms. The van der Waals surface area contributed by atoms with Crippen molar-refractivity contribution in [3.05, 3.63) is 35.4 Å². The molecule has 13 heavy (non-hydrogen) atoms. The number of rotatable bonds is 1. The first-order valence-electron chi connectivity index (χ1n) is 4.31. The van der Waals surface area contributed by atoms with Crippen molar-refractivity contribution < 1.29 is 9.90 Å². The van der Waals surface area contributed by atoms with E-state index in [1.165, 1.54) is 11.1 Å². The third-order valence-corrected chi connectivity index (χ3v) is 1.53. The topological polar surface area (TPSA) is 37.3 Å². The molecule has 0 bridgehead atoms. The third kappa shape index (κ3) is 7.06. The minimum atomic E-state index is -0.833. The first kappa shape index (κ1) is 11.7. The van der Waals surface area contributed by atoms with E-state index in [2.05, 4.69) is 38.1 Å². The van der Waals surface area contributed by atoms with Crippen LogP contribution in [0.5, 0.6) is 0 Å². The zero-order valence-electron chi connectivity index (χ0n) is 8.37. The second kappa shape index (κ2) is 6.23. The van der Waals surface area contributed by atoms with Crippen molar-refractivity contribution in [3.8, 4) is 0 Å². The second-order valence-electron chi connectivity index (χ2n) is 2.86. The lowest BCUT2D eigenvalue weighted by Crippen LogP contribution is -1.78. The fourth-order valence-electron chi connectivity index (χ4n) is 0.824. The zero-order valence-corrected chi connectivity index (χ0v) is 8.37. The Kier molecular flexibility index (Phi) is 5.60. The van der Waals surface area contributed by atoms with E-state index in [1.807, 2.05) is 0 Å². The molecule has 0 aliphatic rings. The Morgan fingerprint density at radius 1 is 1.31 bits per heavy atom. The van der Waals surface area contributed by atoms with Gasteiger partial charge in [-0.2, -0.15) is 0 Å². The van der Waals surface area contributed by atoms with Crippen LogP contribution in [0.3, 0.4) is 0 Å².